The maximum atomic E-state index is 5.82. The Labute approximate surface area is 135 Å². The van der Waals surface area contributed by atoms with E-state index < -0.39 is 0 Å². The van der Waals surface area contributed by atoms with Crippen LogP contribution in [0.15, 0.2) is 48.5 Å². The average molecular weight is 295 g/mol. The molecule has 0 atom stereocenters. The van der Waals surface area contributed by atoms with E-state index in [0.717, 1.165) is 18.8 Å². The molecular formula is C21H27O. The molecule has 117 valence electrons. The van der Waals surface area contributed by atoms with Crippen LogP contribution in [0.4, 0.5) is 0 Å². The molecule has 0 aliphatic heterocycles. The Bertz CT molecular complexity index is 501. The fraction of sp³-hybridized carbons (Fsp3) is 0.429. The SMILES string of the molecule is CCCCCCCCCOc1ccc(-c2cc[c]cc2)cc1. The zero-order chi connectivity index (χ0) is 15.5. The van der Waals surface area contributed by atoms with Crippen molar-refractivity contribution < 1.29 is 4.74 Å². The molecule has 0 saturated heterocycles. The molecule has 0 fully saturated rings. The van der Waals surface area contributed by atoms with Gasteiger partial charge in [0, 0.05) is 0 Å². The highest BCUT2D eigenvalue weighted by Crippen LogP contribution is 2.22. The quantitative estimate of drug-likeness (QED) is 0.468. The lowest BCUT2D eigenvalue weighted by Gasteiger charge is -2.07. The van der Waals surface area contributed by atoms with Gasteiger partial charge < -0.3 is 4.74 Å². The number of rotatable bonds is 10. The lowest BCUT2D eigenvalue weighted by atomic mass is 10.1. The molecule has 2 aromatic rings. The van der Waals surface area contributed by atoms with Crippen molar-refractivity contribution in [2.75, 3.05) is 6.61 Å². The highest BCUT2D eigenvalue weighted by atomic mass is 16.5. The molecule has 0 aliphatic carbocycles. The molecule has 0 aromatic heterocycles. The molecule has 2 rings (SSSR count). The Kier molecular flexibility index (Phi) is 7.59. The van der Waals surface area contributed by atoms with E-state index in [-0.39, 0.29) is 0 Å². The molecule has 1 radical (unpaired) electrons. The minimum Gasteiger partial charge on any atom is -0.494 e. The van der Waals surface area contributed by atoms with E-state index in [1.165, 1.54) is 49.7 Å². The predicted molar refractivity (Wildman–Crippen MR) is 94.2 cm³/mol. The van der Waals surface area contributed by atoms with E-state index in [0.29, 0.717) is 0 Å². The Hall–Kier alpha value is -1.76. The number of hydrogen-bond acceptors (Lipinski definition) is 1. The van der Waals surface area contributed by atoms with Crippen LogP contribution in [0.3, 0.4) is 0 Å². The van der Waals surface area contributed by atoms with Crippen LogP contribution >= 0.6 is 0 Å². The van der Waals surface area contributed by atoms with Gasteiger partial charge in [-0.1, -0.05) is 81.8 Å². The van der Waals surface area contributed by atoms with Crippen LogP contribution in [0.5, 0.6) is 5.75 Å². The van der Waals surface area contributed by atoms with Gasteiger partial charge in [0.25, 0.3) is 0 Å². The van der Waals surface area contributed by atoms with E-state index in [1.54, 1.807) is 0 Å². The van der Waals surface area contributed by atoms with E-state index in [4.69, 9.17) is 4.74 Å². The first-order valence-electron chi connectivity index (χ1n) is 8.59. The fourth-order valence-corrected chi connectivity index (χ4v) is 2.57. The van der Waals surface area contributed by atoms with Gasteiger partial charge in [0.05, 0.1) is 6.61 Å². The largest absolute Gasteiger partial charge is 0.494 e. The first-order chi connectivity index (χ1) is 10.9. The second-order valence-corrected chi connectivity index (χ2v) is 5.78. The van der Waals surface area contributed by atoms with Gasteiger partial charge in [-0.25, -0.2) is 0 Å². The summed E-state index contributed by atoms with van der Waals surface area (Å²) in [6.07, 6.45) is 9.23. The fourth-order valence-electron chi connectivity index (χ4n) is 2.57. The Morgan fingerprint density at radius 2 is 1.32 bits per heavy atom. The van der Waals surface area contributed by atoms with E-state index in [2.05, 4.69) is 49.4 Å². The van der Waals surface area contributed by atoms with E-state index >= 15 is 0 Å². The molecule has 0 N–H and O–H groups in total. The minimum absolute atomic E-state index is 0.827. The van der Waals surface area contributed by atoms with Crippen molar-refractivity contribution in [1.29, 1.82) is 0 Å². The molecule has 0 spiro atoms. The normalized spacial score (nSPS) is 10.6. The summed E-state index contributed by atoms with van der Waals surface area (Å²) in [7, 11) is 0. The van der Waals surface area contributed by atoms with Gasteiger partial charge in [-0.2, -0.15) is 0 Å². The van der Waals surface area contributed by atoms with Crippen LogP contribution < -0.4 is 4.74 Å². The van der Waals surface area contributed by atoms with Gasteiger partial charge in [0.1, 0.15) is 5.75 Å². The van der Waals surface area contributed by atoms with Crippen molar-refractivity contribution in [3.8, 4) is 16.9 Å². The molecule has 22 heavy (non-hydrogen) atoms. The number of unbranched alkanes of at least 4 members (excludes halogenated alkanes) is 6. The second kappa shape index (κ2) is 10.0. The van der Waals surface area contributed by atoms with Crippen molar-refractivity contribution in [2.45, 2.75) is 51.9 Å². The van der Waals surface area contributed by atoms with Crippen molar-refractivity contribution >= 4 is 0 Å². The highest BCUT2D eigenvalue weighted by molar-refractivity contribution is 5.63. The third-order valence-electron chi connectivity index (χ3n) is 3.92. The molecule has 1 heteroatoms. The van der Waals surface area contributed by atoms with Crippen LogP contribution in [0.25, 0.3) is 11.1 Å². The average Bonchev–Trinajstić information content (AvgIpc) is 2.59. The standard InChI is InChI=1S/C21H27O/c1-2-3-4-5-6-7-11-18-22-21-16-14-20(15-17-21)19-12-9-8-10-13-19/h9-10,12-17H,2-7,11,18H2,1H3. The van der Waals surface area contributed by atoms with Crippen molar-refractivity contribution in [3.05, 3.63) is 54.6 Å². The third kappa shape index (κ3) is 5.93. The predicted octanol–water partition coefficient (Wildman–Crippen LogP) is 6.28. The van der Waals surface area contributed by atoms with Crippen molar-refractivity contribution in [3.63, 3.8) is 0 Å². The second-order valence-electron chi connectivity index (χ2n) is 5.78. The molecule has 2 aromatic carbocycles. The number of ether oxygens (including phenoxy) is 1. The molecule has 1 nitrogen and oxygen atoms in total. The molecule has 0 heterocycles. The lowest BCUT2D eigenvalue weighted by molar-refractivity contribution is 0.304. The van der Waals surface area contributed by atoms with Gasteiger partial charge in [-0.05, 0) is 35.7 Å². The van der Waals surface area contributed by atoms with Crippen LogP contribution in [0, 0.1) is 6.07 Å². The molecule has 0 saturated carbocycles. The minimum atomic E-state index is 0.827. The monoisotopic (exact) mass is 295 g/mol. The summed E-state index contributed by atoms with van der Waals surface area (Å²) in [6, 6.07) is 19.5. The summed E-state index contributed by atoms with van der Waals surface area (Å²) in [5.74, 6) is 0.970. The first kappa shape index (κ1) is 16.6. The van der Waals surface area contributed by atoms with Crippen molar-refractivity contribution in [1.82, 2.24) is 0 Å². The lowest BCUT2D eigenvalue weighted by Crippen LogP contribution is -1.97. The topological polar surface area (TPSA) is 9.23 Å². The molecule has 0 aliphatic rings. The summed E-state index contributed by atoms with van der Waals surface area (Å²) < 4.78 is 5.82. The van der Waals surface area contributed by atoms with Gasteiger partial charge in [0.15, 0.2) is 0 Å². The van der Waals surface area contributed by atoms with Crippen LogP contribution in [0.1, 0.15) is 51.9 Å². The smallest absolute Gasteiger partial charge is 0.119 e. The number of benzene rings is 2. The number of hydrogen-bond donors (Lipinski definition) is 0. The van der Waals surface area contributed by atoms with Crippen LogP contribution in [-0.4, -0.2) is 6.61 Å². The van der Waals surface area contributed by atoms with Gasteiger partial charge in [0.2, 0.25) is 0 Å². The van der Waals surface area contributed by atoms with Gasteiger partial charge in [-0.3, -0.25) is 0 Å². The third-order valence-corrected chi connectivity index (χ3v) is 3.92. The molecule has 0 bridgehead atoms. The summed E-state index contributed by atoms with van der Waals surface area (Å²) in [5.41, 5.74) is 2.44. The maximum Gasteiger partial charge on any atom is 0.119 e. The summed E-state index contributed by atoms with van der Waals surface area (Å²) in [6.45, 7) is 3.09. The summed E-state index contributed by atoms with van der Waals surface area (Å²) in [5, 5.41) is 0. The molecule has 0 amide bonds. The van der Waals surface area contributed by atoms with E-state index in [9.17, 15) is 0 Å². The zero-order valence-electron chi connectivity index (χ0n) is 13.7. The van der Waals surface area contributed by atoms with Crippen LogP contribution in [-0.2, 0) is 0 Å². The Morgan fingerprint density at radius 3 is 2.00 bits per heavy atom. The van der Waals surface area contributed by atoms with Crippen LogP contribution in [0.2, 0.25) is 0 Å². The Balaban J connectivity index is 1.65. The van der Waals surface area contributed by atoms with Gasteiger partial charge in [-0.15, -0.1) is 0 Å². The highest BCUT2D eigenvalue weighted by Gasteiger charge is 1.98. The molecule has 0 unspecified atom stereocenters. The Morgan fingerprint density at radius 1 is 0.727 bits per heavy atom. The summed E-state index contributed by atoms with van der Waals surface area (Å²) in [4.78, 5) is 0. The first-order valence-corrected chi connectivity index (χ1v) is 8.59. The van der Waals surface area contributed by atoms with Crippen molar-refractivity contribution in [2.24, 2.45) is 0 Å². The maximum absolute atomic E-state index is 5.82. The zero-order valence-corrected chi connectivity index (χ0v) is 13.7. The van der Waals surface area contributed by atoms with Gasteiger partial charge >= 0.3 is 0 Å². The molecular weight excluding hydrogens is 268 g/mol. The summed E-state index contributed by atoms with van der Waals surface area (Å²) >= 11 is 0. The van der Waals surface area contributed by atoms with E-state index in [1.807, 2.05) is 12.1 Å².